The van der Waals surface area contributed by atoms with Gasteiger partial charge in [-0.2, -0.15) is 0 Å². The second kappa shape index (κ2) is 5.08. The fourth-order valence-electron chi connectivity index (χ4n) is 1.89. The molecule has 94 valence electrons. The zero-order valence-corrected chi connectivity index (χ0v) is 11.6. The first-order valence-electron chi connectivity index (χ1n) is 5.87. The lowest BCUT2D eigenvalue weighted by Gasteiger charge is -1.97. The largest absolute Gasteiger partial charge is 0.506 e. The van der Waals surface area contributed by atoms with Gasteiger partial charge in [0.05, 0.1) is 5.02 Å². The van der Waals surface area contributed by atoms with Crippen molar-refractivity contribution in [3.05, 3.63) is 64.0 Å². The van der Waals surface area contributed by atoms with E-state index in [1.54, 1.807) is 23.5 Å². The molecule has 0 fully saturated rings. The van der Waals surface area contributed by atoms with Crippen molar-refractivity contribution in [1.82, 2.24) is 0 Å². The number of benzene rings is 2. The van der Waals surface area contributed by atoms with Gasteiger partial charge in [0.25, 0.3) is 0 Å². The highest BCUT2D eigenvalue weighted by Gasteiger charge is 1.99. The van der Waals surface area contributed by atoms with Crippen LogP contribution in [-0.2, 0) is 0 Å². The van der Waals surface area contributed by atoms with E-state index in [9.17, 15) is 5.11 Å². The minimum atomic E-state index is 0.112. The monoisotopic (exact) mass is 286 g/mol. The maximum Gasteiger partial charge on any atom is 0.134 e. The highest BCUT2D eigenvalue weighted by atomic mass is 35.5. The lowest BCUT2D eigenvalue weighted by molar-refractivity contribution is 0.475. The Morgan fingerprint density at radius 3 is 2.63 bits per heavy atom. The van der Waals surface area contributed by atoms with Crippen molar-refractivity contribution < 1.29 is 5.11 Å². The number of hydrogen-bond acceptors (Lipinski definition) is 2. The Bertz CT molecular complexity index is 725. The van der Waals surface area contributed by atoms with Crippen molar-refractivity contribution in [3.8, 4) is 5.75 Å². The quantitative estimate of drug-likeness (QED) is 0.666. The summed E-state index contributed by atoms with van der Waals surface area (Å²) in [4.78, 5) is 1.20. The second-order valence-electron chi connectivity index (χ2n) is 4.23. The van der Waals surface area contributed by atoms with Gasteiger partial charge in [0, 0.05) is 9.58 Å². The molecule has 2 aromatic carbocycles. The maximum atomic E-state index is 9.37. The molecule has 0 aliphatic heterocycles. The molecule has 1 aromatic heterocycles. The van der Waals surface area contributed by atoms with Crippen LogP contribution in [0.2, 0.25) is 5.02 Å². The maximum absolute atomic E-state index is 9.37. The fraction of sp³-hybridized carbons (Fsp3) is 0. The molecule has 0 saturated carbocycles. The van der Waals surface area contributed by atoms with Crippen LogP contribution < -0.4 is 0 Å². The van der Waals surface area contributed by atoms with E-state index in [-0.39, 0.29) is 5.75 Å². The molecule has 0 bridgehead atoms. The van der Waals surface area contributed by atoms with Gasteiger partial charge >= 0.3 is 0 Å². The first-order chi connectivity index (χ1) is 9.22. The normalized spacial score (nSPS) is 11.4. The van der Waals surface area contributed by atoms with E-state index in [0.29, 0.717) is 5.02 Å². The van der Waals surface area contributed by atoms with Crippen LogP contribution in [0.3, 0.4) is 0 Å². The summed E-state index contributed by atoms with van der Waals surface area (Å²) in [5, 5.41) is 11.0. The summed E-state index contributed by atoms with van der Waals surface area (Å²) in [6, 6.07) is 15.7. The molecule has 1 heterocycles. The Hall–Kier alpha value is -1.77. The fourth-order valence-corrected chi connectivity index (χ4v) is 3.05. The molecule has 0 saturated heterocycles. The molecule has 3 rings (SSSR count). The molecular formula is C16H11ClOS. The van der Waals surface area contributed by atoms with E-state index >= 15 is 0 Å². The number of phenols is 1. The number of aromatic hydroxyl groups is 1. The highest BCUT2D eigenvalue weighted by Crippen LogP contribution is 2.28. The molecule has 0 aliphatic carbocycles. The molecule has 0 amide bonds. The molecule has 0 atom stereocenters. The third-order valence-corrected chi connectivity index (χ3v) is 4.24. The lowest BCUT2D eigenvalue weighted by atomic mass is 10.2. The van der Waals surface area contributed by atoms with Crippen LogP contribution in [0.1, 0.15) is 10.4 Å². The van der Waals surface area contributed by atoms with E-state index in [0.717, 1.165) is 5.56 Å². The third-order valence-electron chi connectivity index (χ3n) is 2.86. The van der Waals surface area contributed by atoms with Crippen molar-refractivity contribution in [1.29, 1.82) is 0 Å². The van der Waals surface area contributed by atoms with Gasteiger partial charge in [-0.3, -0.25) is 0 Å². The van der Waals surface area contributed by atoms with E-state index in [4.69, 9.17) is 11.6 Å². The van der Waals surface area contributed by atoms with Crippen molar-refractivity contribution in [2.24, 2.45) is 0 Å². The Morgan fingerprint density at radius 1 is 1.00 bits per heavy atom. The summed E-state index contributed by atoms with van der Waals surface area (Å²) in [7, 11) is 0. The molecule has 0 unspecified atom stereocenters. The zero-order chi connectivity index (χ0) is 13.2. The van der Waals surface area contributed by atoms with E-state index in [2.05, 4.69) is 24.3 Å². The Kier molecular flexibility index (Phi) is 3.28. The van der Waals surface area contributed by atoms with Crippen molar-refractivity contribution >= 4 is 45.2 Å². The van der Waals surface area contributed by atoms with Crippen LogP contribution in [0.5, 0.6) is 5.75 Å². The summed E-state index contributed by atoms with van der Waals surface area (Å²) in [6.45, 7) is 0. The summed E-state index contributed by atoms with van der Waals surface area (Å²) < 4.78 is 1.28. The molecule has 0 aliphatic rings. The Balaban J connectivity index is 1.91. The van der Waals surface area contributed by atoms with Crippen LogP contribution >= 0.6 is 22.9 Å². The molecule has 0 spiro atoms. The molecular weight excluding hydrogens is 276 g/mol. The topological polar surface area (TPSA) is 20.2 Å². The summed E-state index contributed by atoms with van der Waals surface area (Å²) >= 11 is 7.63. The standard InChI is InChI=1S/C16H11ClOS/c17-14-9-11(6-8-15(14)18)5-7-13-10-12-3-1-2-4-16(12)19-13/h1-10,18H/b7-5+. The van der Waals surface area contributed by atoms with E-state index < -0.39 is 0 Å². The zero-order valence-electron chi connectivity index (χ0n) is 10.0. The van der Waals surface area contributed by atoms with Crippen LogP contribution in [0.15, 0.2) is 48.5 Å². The van der Waals surface area contributed by atoms with Gasteiger partial charge in [0.2, 0.25) is 0 Å². The van der Waals surface area contributed by atoms with Crippen molar-refractivity contribution in [2.75, 3.05) is 0 Å². The first-order valence-corrected chi connectivity index (χ1v) is 7.07. The number of fused-ring (bicyclic) bond motifs is 1. The van der Waals surface area contributed by atoms with Gasteiger partial charge in [-0.1, -0.05) is 41.9 Å². The van der Waals surface area contributed by atoms with Gasteiger partial charge < -0.3 is 5.11 Å². The minimum Gasteiger partial charge on any atom is -0.506 e. The van der Waals surface area contributed by atoms with Gasteiger partial charge in [-0.25, -0.2) is 0 Å². The summed E-state index contributed by atoms with van der Waals surface area (Å²) in [5.74, 6) is 0.112. The number of hydrogen-bond donors (Lipinski definition) is 1. The molecule has 3 aromatic rings. The predicted molar refractivity (Wildman–Crippen MR) is 83.9 cm³/mol. The van der Waals surface area contributed by atoms with Crippen molar-refractivity contribution in [3.63, 3.8) is 0 Å². The average Bonchev–Trinajstić information content (AvgIpc) is 2.83. The van der Waals surface area contributed by atoms with Gasteiger partial charge in [-0.05, 0) is 41.3 Å². The Labute approximate surface area is 120 Å². The van der Waals surface area contributed by atoms with Gasteiger partial charge in [-0.15, -0.1) is 11.3 Å². The summed E-state index contributed by atoms with van der Waals surface area (Å²) in [5.41, 5.74) is 0.972. The van der Waals surface area contributed by atoms with Crippen LogP contribution in [0.4, 0.5) is 0 Å². The molecule has 19 heavy (non-hydrogen) atoms. The smallest absolute Gasteiger partial charge is 0.134 e. The van der Waals surface area contributed by atoms with Crippen molar-refractivity contribution in [2.45, 2.75) is 0 Å². The van der Waals surface area contributed by atoms with Gasteiger partial charge in [0.1, 0.15) is 5.75 Å². The van der Waals surface area contributed by atoms with Crippen LogP contribution in [-0.4, -0.2) is 5.11 Å². The molecule has 3 heteroatoms. The van der Waals surface area contributed by atoms with Crippen LogP contribution in [0, 0.1) is 0 Å². The average molecular weight is 287 g/mol. The van der Waals surface area contributed by atoms with Crippen LogP contribution in [0.25, 0.3) is 22.2 Å². The lowest BCUT2D eigenvalue weighted by Crippen LogP contribution is -1.72. The number of thiophene rings is 1. The van der Waals surface area contributed by atoms with Gasteiger partial charge in [0.15, 0.2) is 0 Å². The third kappa shape index (κ3) is 2.65. The number of rotatable bonds is 2. The minimum absolute atomic E-state index is 0.112. The molecule has 1 nitrogen and oxygen atoms in total. The highest BCUT2D eigenvalue weighted by molar-refractivity contribution is 7.19. The SMILES string of the molecule is Oc1ccc(/C=C/c2cc3ccccc3s2)cc1Cl. The number of phenolic OH excluding ortho intramolecular Hbond substituents is 1. The molecule has 1 N–H and O–H groups in total. The molecule has 0 radical (unpaired) electrons. The first kappa shape index (κ1) is 12.3. The second-order valence-corrected chi connectivity index (χ2v) is 5.75. The summed E-state index contributed by atoms with van der Waals surface area (Å²) in [6.07, 6.45) is 4.06. The van der Waals surface area contributed by atoms with E-state index in [1.165, 1.54) is 15.0 Å². The number of halogens is 1. The predicted octanol–water partition coefficient (Wildman–Crippen LogP) is 5.43. The van der Waals surface area contributed by atoms with E-state index in [1.807, 2.05) is 24.3 Å². The Morgan fingerprint density at radius 2 is 1.84 bits per heavy atom.